The average molecular weight is 499 g/mol. The van der Waals surface area contributed by atoms with E-state index in [1.165, 1.54) is 0 Å². The Hall–Kier alpha value is -4.14. The molecular weight excluding hydrogens is 464 g/mol. The van der Waals surface area contributed by atoms with Crippen molar-refractivity contribution in [2.24, 2.45) is 0 Å². The molecule has 3 aromatic heterocycles. The molecule has 4 aromatic rings. The summed E-state index contributed by atoms with van der Waals surface area (Å²) in [5, 5.41) is 17.7. The molecule has 1 aliphatic rings. The fourth-order valence-corrected chi connectivity index (χ4v) is 5.12. The molecular formula is C28H34N8O. The number of aromatic nitrogens is 7. The van der Waals surface area contributed by atoms with Crippen molar-refractivity contribution in [1.82, 2.24) is 39.6 Å². The Morgan fingerprint density at radius 1 is 1.08 bits per heavy atom. The lowest BCUT2D eigenvalue weighted by atomic mass is 9.78. The molecule has 5 rings (SSSR count). The Morgan fingerprint density at radius 2 is 1.92 bits per heavy atom. The number of imidazole rings is 1. The highest BCUT2D eigenvalue weighted by molar-refractivity contribution is 5.57. The summed E-state index contributed by atoms with van der Waals surface area (Å²) in [5.74, 6) is 1.49. The molecule has 9 heteroatoms. The predicted octanol–water partition coefficient (Wildman–Crippen LogP) is 4.25. The molecule has 0 radical (unpaired) electrons. The Balaban J connectivity index is 1.62. The first-order chi connectivity index (χ1) is 18.1. The number of dihydropyridines is 1. The second kappa shape index (κ2) is 10.5. The van der Waals surface area contributed by atoms with E-state index in [0.717, 1.165) is 60.4 Å². The van der Waals surface area contributed by atoms with Crippen molar-refractivity contribution < 1.29 is 0 Å². The first-order valence-electron chi connectivity index (χ1n) is 13.0. The van der Waals surface area contributed by atoms with E-state index in [9.17, 15) is 4.79 Å². The van der Waals surface area contributed by atoms with Gasteiger partial charge in [-0.2, -0.15) is 5.21 Å². The van der Waals surface area contributed by atoms with Gasteiger partial charge in [0.1, 0.15) is 5.82 Å². The molecule has 37 heavy (non-hydrogen) atoms. The Bertz CT molecular complexity index is 1460. The van der Waals surface area contributed by atoms with Gasteiger partial charge in [-0.3, -0.25) is 9.13 Å². The molecule has 2 N–H and O–H groups in total. The predicted molar refractivity (Wildman–Crippen MR) is 144 cm³/mol. The Morgan fingerprint density at radius 3 is 2.65 bits per heavy atom. The normalized spacial score (nSPS) is 14.2. The third-order valence-corrected chi connectivity index (χ3v) is 7.05. The first kappa shape index (κ1) is 24.5. The van der Waals surface area contributed by atoms with Gasteiger partial charge >= 0.3 is 5.69 Å². The number of tetrazole rings is 1. The molecule has 0 saturated heterocycles. The SMILES string of the molecule is CCCCc1cn(-c2c(C)ccn2CCC)c(=O)n1CC1(c2cccc(-c3nn[nH]n3)c2)C=CNC=C1. The van der Waals surface area contributed by atoms with E-state index in [4.69, 9.17) is 0 Å². The standard InChI is InChI=1S/C28H34N8O/c1-4-6-10-24-19-35(26-21(3)11-17-34(26)16-5-2)27(37)36(24)20-28(12-14-29-15-13-28)23-9-7-8-22(18-23)25-30-32-33-31-25/h7-9,11-15,17-19,29H,4-6,10,16,20H2,1-3H3,(H,30,31,32,33). The number of H-pyrrole nitrogens is 1. The summed E-state index contributed by atoms with van der Waals surface area (Å²) < 4.78 is 5.98. The van der Waals surface area contributed by atoms with Crippen molar-refractivity contribution in [1.29, 1.82) is 0 Å². The van der Waals surface area contributed by atoms with Crippen LogP contribution in [0.3, 0.4) is 0 Å². The summed E-state index contributed by atoms with van der Waals surface area (Å²) in [4.78, 5) is 14.1. The lowest BCUT2D eigenvalue weighted by Gasteiger charge is -2.31. The molecule has 0 amide bonds. The number of benzene rings is 1. The minimum Gasteiger partial charge on any atom is -0.368 e. The maximum absolute atomic E-state index is 14.1. The van der Waals surface area contributed by atoms with E-state index in [1.54, 1.807) is 0 Å². The fraction of sp³-hybridized carbons (Fsp3) is 0.357. The maximum atomic E-state index is 14.1. The molecule has 0 spiro atoms. The van der Waals surface area contributed by atoms with E-state index in [1.807, 2.05) is 39.9 Å². The van der Waals surface area contributed by atoms with Crippen LogP contribution in [0.25, 0.3) is 17.2 Å². The molecule has 0 atom stereocenters. The summed E-state index contributed by atoms with van der Waals surface area (Å²) in [6.07, 6.45) is 16.2. The van der Waals surface area contributed by atoms with Crippen LogP contribution in [0.15, 0.2) is 72.1 Å². The quantitative estimate of drug-likeness (QED) is 0.341. The molecule has 1 aromatic carbocycles. The smallest absolute Gasteiger partial charge is 0.334 e. The zero-order chi connectivity index (χ0) is 25.8. The van der Waals surface area contributed by atoms with E-state index < -0.39 is 5.41 Å². The molecule has 1 aliphatic heterocycles. The highest BCUT2D eigenvalue weighted by Crippen LogP contribution is 2.33. The number of aryl methyl sites for hydroxylation is 3. The number of nitrogens with one attached hydrogen (secondary N) is 2. The second-order valence-electron chi connectivity index (χ2n) is 9.67. The minimum absolute atomic E-state index is 0.0145. The van der Waals surface area contributed by atoms with Crippen molar-refractivity contribution in [2.75, 3.05) is 0 Å². The maximum Gasteiger partial charge on any atom is 0.334 e. The minimum atomic E-state index is -0.525. The lowest BCUT2D eigenvalue weighted by molar-refractivity contribution is 0.495. The van der Waals surface area contributed by atoms with Crippen molar-refractivity contribution in [3.63, 3.8) is 0 Å². The van der Waals surface area contributed by atoms with Gasteiger partial charge in [-0.1, -0.05) is 50.6 Å². The number of rotatable bonds is 10. The molecule has 192 valence electrons. The number of unbranched alkanes of at least 4 members (excludes halogenated alkanes) is 1. The summed E-state index contributed by atoms with van der Waals surface area (Å²) in [6, 6.07) is 10.2. The lowest BCUT2D eigenvalue weighted by Crippen LogP contribution is -2.36. The van der Waals surface area contributed by atoms with Crippen LogP contribution in [0.1, 0.15) is 49.9 Å². The van der Waals surface area contributed by atoms with Crippen LogP contribution in [0.4, 0.5) is 0 Å². The van der Waals surface area contributed by atoms with E-state index >= 15 is 0 Å². The molecule has 0 saturated carbocycles. The molecule has 0 unspecified atom stereocenters. The average Bonchev–Trinajstić information content (AvgIpc) is 3.65. The summed E-state index contributed by atoms with van der Waals surface area (Å²) in [7, 11) is 0. The van der Waals surface area contributed by atoms with E-state index in [2.05, 4.69) is 87.8 Å². The summed E-state index contributed by atoms with van der Waals surface area (Å²) in [6.45, 7) is 7.76. The first-order valence-corrected chi connectivity index (χ1v) is 13.0. The third-order valence-electron chi connectivity index (χ3n) is 7.05. The van der Waals surface area contributed by atoms with Gasteiger partial charge < -0.3 is 9.88 Å². The van der Waals surface area contributed by atoms with E-state index in [0.29, 0.717) is 12.4 Å². The zero-order valence-corrected chi connectivity index (χ0v) is 21.7. The van der Waals surface area contributed by atoms with Gasteiger partial charge in [-0.25, -0.2) is 4.79 Å². The van der Waals surface area contributed by atoms with Crippen LogP contribution in [0, 0.1) is 6.92 Å². The Labute approximate surface area is 216 Å². The number of aromatic amines is 1. The van der Waals surface area contributed by atoms with Gasteiger partial charge in [-0.15, -0.1) is 10.2 Å². The monoisotopic (exact) mass is 498 g/mol. The largest absolute Gasteiger partial charge is 0.368 e. The van der Waals surface area contributed by atoms with Crippen LogP contribution in [0.2, 0.25) is 0 Å². The summed E-state index contributed by atoms with van der Waals surface area (Å²) >= 11 is 0. The number of nitrogens with zero attached hydrogens (tertiary/aromatic N) is 6. The van der Waals surface area contributed by atoms with Gasteiger partial charge in [0.2, 0.25) is 5.82 Å². The third kappa shape index (κ3) is 4.69. The Kier molecular flexibility index (Phi) is 6.94. The van der Waals surface area contributed by atoms with Gasteiger partial charge in [0.15, 0.2) is 0 Å². The molecule has 0 bridgehead atoms. The van der Waals surface area contributed by atoms with Gasteiger partial charge in [0, 0.05) is 36.7 Å². The molecule has 9 nitrogen and oxygen atoms in total. The van der Waals surface area contributed by atoms with Gasteiger partial charge in [0.05, 0.1) is 5.41 Å². The van der Waals surface area contributed by atoms with Gasteiger partial charge in [-0.05, 0) is 67.1 Å². The highest BCUT2D eigenvalue weighted by atomic mass is 16.1. The van der Waals surface area contributed by atoms with Gasteiger partial charge in [0.25, 0.3) is 0 Å². The van der Waals surface area contributed by atoms with Crippen LogP contribution in [0.5, 0.6) is 0 Å². The zero-order valence-electron chi connectivity index (χ0n) is 21.7. The molecule has 4 heterocycles. The van der Waals surface area contributed by atoms with Crippen molar-refractivity contribution in [2.45, 2.75) is 65.0 Å². The fourth-order valence-electron chi connectivity index (χ4n) is 5.12. The highest BCUT2D eigenvalue weighted by Gasteiger charge is 2.31. The number of hydrogen-bond acceptors (Lipinski definition) is 5. The number of hydrogen-bond donors (Lipinski definition) is 2. The van der Waals surface area contributed by atoms with Crippen LogP contribution in [-0.4, -0.2) is 34.3 Å². The molecule has 0 fully saturated rings. The van der Waals surface area contributed by atoms with Crippen LogP contribution in [-0.2, 0) is 24.9 Å². The van der Waals surface area contributed by atoms with Crippen LogP contribution < -0.4 is 11.0 Å². The van der Waals surface area contributed by atoms with Crippen molar-refractivity contribution >= 4 is 0 Å². The summed E-state index contributed by atoms with van der Waals surface area (Å²) in [5.41, 5.74) is 3.52. The topological polar surface area (TPSA) is 98.4 Å². The van der Waals surface area contributed by atoms with Crippen LogP contribution >= 0.6 is 0 Å². The van der Waals surface area contributed by atoms with Crippen molar-refractivity contribution in [3.05, 3.63) is 94.6 Å². The second-order valence-corrected chi connectivity index (χ2v) is 9.67. The van der Waals surface area contributed by atoms with Crippen molar-refractivity contribution in [3.8, 4) is 17.2 Å². The number of allylic oxidation sites excluding steroid dienone is 2. The molecule has 0 aliphatic carbocycles. The van der Waals surface area contributed by atoms with E-state index in [-0.39, 0.29) is 5.69 Å².